The molecule has 0 radical (unpaired) electrons. The number of pyridine rings is 1. The lowest BCUT2D eigenvalue weighted by Gasteiger charge is -2.15. The first-order valence-electron chi connectivity index (χ1n) is 6.48. The summed E-state index contributed by atoms with van der Waals surface area (Å²) in [5.41, 5.74) is 0.722. The third-order valence-corrected chi connectivity index (χ3v) is 3.02. The van der Waals surface area contributed by atoms with Gasteiger partial charge in [-0.25, -0.2) is 0 Å². The molecular weight excluding hydrogens is 256 g/mol. The fourth-order valence-electron chi connectivity index (χ4n) is 2.16. The van der Waals surface area contributed by atoms with E-state index in [1.807, 2.05) is 25.1 Å². The largest absolute Gasteiger partial charge is 0.383 e. The van der Waals surface area contributed by atoms with Gasteiger partial charge in [0.25, 0.3) is 0 Å². The first kappa shape index (κ1) is 14.3. The van der Waals surface area contributed by atoms with Crippen LogP contribution in [0.2, 0.25) is 0 Å². The van der Waals surface area contributed by atoms with Crippen molar-refractivity contribution in [3.05, 3.63) is 46.8 Å². The zero-order valence-electron chi connectivity index (χ0n) is 11.6. The summed E-state index contributed by atoms with van der Waals surface area (Å²) in [5.74, 6) is -0.108. The molecule has 0 spiro atoms. The molecule has 20 heavy (non-hydrogen) atoms. The smallest absolute Gasteiger partial charge is 0.240 e. The zero-order valence-corrected chi connectivity index (χ0v) is 11.6. The van der Waals surface area contributed by atoms with Crippen molar-refractivity contribution in [3.8, 4) is 0 Å². The van der Waals surface area contributed by atoms with Crippen LogP contribution in [0.15, 0.2) is 41.3 Å². The molecule has 1 atom stereocenters. The van der Waals surface area contributed by atoms with Crippen LogP contribution in [0.1, 0.15) is 6.92 Å². The van der Waals surface area contributed by atoms with Crippen LogP contribution in [0, 0.1) is 0 Å². The summed E-state index contributed by atoms with van der Waals surface area (Å²) in [6.07, 6.45) is 1.64. The van der Waals surface area contributed by atoms with Crippen molar-refractivity contribution in [1.29, 1.82) is 0 Å². The van der Waals surface area contributed by atoms with Crippen LogP contribution in [-0.4, -0.2) is 30.2 Å². The Kier molecular flexibility index (Phi) is 4.53. The van der Waals surface area contributed by atoms with Crippen molar-refractivity contribution >= 4 is 16.8 Å². The molecule has 0 unspecified atom stereocenters. The molecular formula is C15H18N2O3. The number of carbonyl (C=O) groups excluding carboxylic acids is 1. The molecule has 2 rings (SSSR count). The Balaban J connectivity index is 2.20. The topological polar surface area (TPSA) is 60.3 Å². The third-order valence-electron chi connectivity index (χ3n) is 3.02. The second-order valence-electron chi connectivity index (χ2n) is 4.75. The van der Waals surface area contributed by atoms with Gasteiger partial charge in [-0.1, -0.05) is 12.1 Å². The van der Waals surface area contributed by atoms with Crippen LogP contribution >= 0.6 is 0 Å². The number of methoxy groups -OCH3 is 1. The summed E-state index contributed by atoms with van der Waals surface area (Å²) in [6.45, 7) is 2.52. The Morgan fingerprint density at radius 3 is 2.85 bits per heavy atom. The summed E-state index contributed by atoms with van der Waals surface area (Å²) in [4.78, 5) is 23.7. The lowest BCUT2D eigenvalue weighted by atomic mass is 10.2. The van der Waals surface area contributed by atoms with Crippen LogP contribution in [-0.2, 0) is 16.1 Å². The molecule has 106 valence electrons. The van der Waals surface area contributed by atoms with Crippen molar-refractivity contribution in [1.82, 2.24) is 9.88 Å². The van der Waals surface area contributed by atoms with E-state index in [9.17, 15) is 9.59 Å². The first-order valence-corrected chi connectivity index (χ1v) is 6.48. The van der Waals surface area contributed by atoms with E-state index < -0.39 is 0 Å². The van der Waals surface area contributed by atoms with Gasteiger partial charge >= 0.3 is 0 Å². The molecule has 0 saturated carbocycles. The van der Waals surface area contributed by atoms with E-state index in [2.05, 4.69) is 5.32 Å². The predicted octanol–water partition coefficient (Wildman–Crippen LogP) is 1.15. The molecule has 2 aromatic rings. The Morgan fingerprint density at radius 2 is 2.10 bits per heavy atom. The maximum Gasteiger partial charge on any atom is 0.240 e. The summed E-state index contributed by atoms with van der Waals surface area (Å²) in [5, 5.41) is 3.46. The lowest BCUT2D eigenvalue weighted by Crippen LogP contribution is -2.37. The maximum atomic E-state index is 12.0. The number of carbonyl (C=O) groups is 1. The van der Waals surface area contributed by atoms with Gasteiger partial charge in [-0.15, -0.1) is 0 Å². The molecule has 1 heterocycles. The van der Waals surface area contributed by atoms with E-state index in [1.165, 1.54) is 6.07 Å². The van der Waals surface area contributed by atoms with Crippen molar-refractivity contribution in [3.63, 3.8) is 0 Å². The van der Waals surface area contributed by atoms with E-state index in [1.54, 1.807) is 23.9 Å². The number of benzene rings is 1. The second-order valence-corrected chi connectivity index (χ2v) is 4.75. The van der Waals surface area contributed by atoms with E-state index >= 15 is 0 Å². The average Bonchev–Trinajstić information content (AvgIpc) is 2.42. The Hall–Kier alpha value is -2.14. The molecule has 1 N–H and O–H groups in total. The van der Waals surface area contributed by atoms with E-state index in [0.29, 0.717) is 12.0 Å². The van der Waals surface area contributed by atoms with Gasteiger partial charge in [0.1, 0.15) is 6.54 Å². The fourth-order valence-corrected chi connectivity index (χ4v) is 2.16. The number of para-hydroxylation sites is 1. The Morgan fingerprint density at radius 1 is 1.35 bits per heavy atom. The molecule has 0 bridgehead atoms. The quantitative estimate of drug-likeness (QED) is 0.890. The number of ether oxygens (including phenoxy) is 1. The number of hydrogen-bond acceptors (Lipinski definition) is 3. The van der Waals surface area contributed by atoms with Crippen LogP contribution in [0.25, 0.3) is 10.9 Å². The number of amides is 1. The molecule has 1 aromatic heterocycles. The van der Waals surface area contributed by atoms with Crippen LogP contribution in [0.5, 0.6) is 0 Å². The van der Waals surface area contributed by atoms with E-state index in [0.717, 1.165) is 5.52 Å². The predicted molar refractivity (Wildman–Crippen MR) is 77.7 cm³/mol. The van der Waals surface area contributed by atoms with E-state index in [4.69, 9.17) is 4.74 Å². The lowest BCUT2D eigenvalue weighted by molar-refractivity contribution is -0.122. The van der Waals surface area contributed by atoms with Gasteiger partial charge in [0.15, 0.2) is 5.43 Å². The molecule has 0 aliphatic heterocycles. The zero-order chi connectivity index (χ0) is 14.5. The normalized spacial score (nSPS) is 12.3. The van der Waals surface area contributed by atoms with Gasteiger partial charge in [0, 0.05) is 30.8 Å². The van der Waals surface area contributed by atoms with E-state index in [-0.39, 0.29) is 23.9 Å². The molecule has 0 aliphatic rings. The highest BCUT2D eigenvalue weighted by molar-refractivity contribution is 5.82. The van der Waals surface area contributed by atoms with Gasteiger partial charge in [-0.05, 0) is 19.1 Å². The average molecular weight is 274 g/mol. The first-order chi connectivity index (χ1) is 9.61. The minimum atomic E-state index is -0.108. The molecule has 5 nitrogen and oxygen atoms in total. The van der Waals surface area contributed by atoms with Crippen LogP contribution < -0.4 is 10.7 Å². The third kappa shape index (κ3) is 3.24. The number of nitrogens with zero attached hydrogens (tertiary/aromatic N) is 1. The van der Waals surface area contributed by atoms with Crippen molar-refractivity contribution in [2.45, 2.75) is 19.5 Å². The molecule has 5 heteroatoms. The number of nitrogens with one attached hydrogen (secondary N) is 1. The number of hydrogen-bond donors (Lipinski definition) is 1. The van der Waals surface area contributed by atoms with Gasteiger partial charge in [0.2, 0.25) is 5.91 Å². The highest BCUT2D eigenvalue weighted by Crippen LogP contribution is 2.09. The van der Waals surface area contributed by atoms with Crippen molar-refractivity contribution < 1.29 is 9.53 Å². The monoisotopic (exact) mass is 274 g/mol. The Bertz CT molecular complexity index is 663. The van der Waals surface area contributed by atoms with Gasteiger partial charge < -0.3 is 14.6 Å². The van der Waals surface area contributed by atoms with Crippen LogP contribution in [0.4, 0.5) is 0 Å². The fraction of sp³-hybridized carbons (Fsp3) is 0.333. The molecule has 0 fully saturated rings. The van der Waals surface area contributed by atoms with Gasteiger partial charge in [0.05, 0.1) is 12.1 Å². The number of aromatic nitrogens is 1. The highest BCUT2D eigenvalue weighted by Gasteiger charge is 2.09. The number of fused-ring (bicyclic) bond motifs is 1. The molecule has 0 aliphatic carbocycles. The van der Waals surface area contributed by atoms with Gasteiger partial charge in [-0.2, -0.15) is 0 Å². The SMILES string of the molecule is COC[C@@H](C)NC(=O)Cn1ccc(=O)c2ccccc21. The minimum Gasteiger partial charge on any atom is -0.383 e. The summed E-state index contributed by atoms with van der Waals surface area (Å²) >= 11 is 0. The second kappa shape index (κ2) is 6.34. The highest BCUT2D eigenvalue weighted by atomic mass is 16.5. The van der Waals surface area contributed by atoms with Gasteiger partial charge in [-0.3, -0.25) is 9.59 Å². The van der Waals surface area contributed by atoms with Crippen molar-refractivity contribution in [2.75, 3.05) is 13.7 Å². The summed E-state index contributed by atoms with van der Waals surface area (Å²) in [6, 6.07) is 8.70. The summed E-state index contributed by atoms with van der Waals surface area (Å²) < 4.78 is 6.75. The van der Waals surface area contributed by atoms with Crippen molar-refractivity contribution in [2.24, 2.45) is 0 Å². The molecule has 1 aromatic carbocycles. The Labute approximate surface area is 117 Å². The minimum absolute atomic E-state index is 0.0370. The number of rotatable bonds is 5. The standard InChI is InChI=1S/C15H18N2O3/c1-11(10-20-2)16-15(19)9-17-8-7-14(18)12-5-3-4-6-13(12)17/h3-8,11H,9-10H2,1-2H3,(H,16,19)/t11-/m1/s1. The molecule has 1 amide bonds. The molecule has 0 saturated heterocycles. The maximum absolute atomic E-state index is 12.0. The van der Waals surface area contributed by atoms with Crippen LogP contribution in [0.3, 0.4) is 0 Å². The summed E-state index contributed by atoms with van der Waals surface area (Å²) in [7, 11) is 1.60.